The number of halogens is 3. The van der Waals surface area contributed by atoms with Gasteiger partial charge in [0.05, 0.1) is 21.3 Å². The van der Waals surface area contributed by atoms with E-state index in [-0.39, 0.29) is 11.9 Å². The van der Waals surface area contributed by atoms with Crippen molar-refractivity contribution in [3.8, 4) is 0 Å². The third kappa shape index (κ3) is 4.10. The van der Waals surface area contributed by atoms with Gasteiger partial charge in [-0.1, -0.05) is 15.9 Å². The summed E-state index contributed by atoms with van der Waals surface area (Å²) in [4.78, 5) is 12.5. The maximum absolute atomic E-state index is 11.8. The number of hydrogen-bond donors (Lipinski definition) is 1. The smallest absolute Gasteiger partial charge is 0.261 e. The molecule has 0 spiro atoms. The summed E-state index contributed by atoms with van der Waals surface area (Å²) in [6.07, 6.45) is 0. The third-order valence-electron chi connectivity index (χ3n) is 1.76. The highest BCUT2D eigenvalue weighted by Gasteiger charge is 2.15. The Morgan fingerprint density at radius 1 is 1.62 bits per heavy atom. The van der Waals surface area contributed by atoms with Gasteiger partial charge in [-0.15, -0.1) is 11.3 Å². The van der Waals surface area contributed by atoms with Crippen LogP contribution in [0.2, 0.25) is 0 Å². The van der Waals surface area contributed by atoms with Crippen LogP contribution in [0.1, 0.15) is 9.67 Å². The molecule has 0 radical (unpaired) electrons. The van der Waals surface area contributed by atoms with Crippen molar-refractivity contribution < 1.29 is 9.53 Å². The first-order chi connectivity index (χ1) is 7.58. The number of alkyl halides is 1. The predicted molar refractivity (Wildman–Crippen MR) is 76.6 cm³/mol. The summed E-state index contributed by atoms with van der Waals surface area (Å²) >= 11 is 11.4. The van der Waals surface area contributed by atoms with Crippen molar-refractivity contribution in [3.05, 3.63) is 19.2 Å². The van der Waals surface area contributed by atoms with Crippen LogP contribution >= 0.6 is 59.1 Å². The van der Waals surface area contributed by atoms with Crippen molar-refractivity contribution in [2.24, 2.45) is 0 Å². The van der Waals surface area contributed by atoms with Crippen molar-refractivity contribution in [2.75, 3.05) is 19.0 Å². The quantitative estimate of drug-likeness (QED) is 0.720. The molecule has 1 rings (SSSR count). The lowest BCUT2D eigenvalue weighted by atomic mass is 10.3. The van der Waals surface area contributed by atoms with Gasteiger partial charge >= 0.3 is 0 Å². The summed E-state index contributed by atoms with van der Waals surface area (Å²) in [7, 11) is 1.61. The Balaban J connectivity index is 2.64. The number of carbonyl (C=O) groups is 1. The maximum atomic E-state index is 11.8. The summed E-state index contributed by atoms with van der Waals surface area (Å²) in [6.45, 7) is 0.491. The van der Waals surface area contributed by atoms with Crippen LogP contribution in [0.15, 0.2) is 14.3 Å². The molecule has 1 aromatic heterocycles. The molecular weight excluding hydrogens is 426 g/mol. The average Bonchev–Trinajstić information content (AvgIpc) is 2.58. The van der Waals surface area contributed by atoms with Gasteiger partial charge in [-0.05, 0) is 37.9 Å². The van der Waals surface area contributed by atoms with Gasteiger partial charge in [-0.2, -0.15) is 0 Å². The molecule has 0 fully saturated rings. The number of ether oxygens (including phenoxy) is 1. The second kappa shape index (κ2) is 7.10. The molecule has 0 aromatic carbocycles. The molecule has 1 atom stereocenters. The van der Waals surface area contributed by atoms with Gasteiger partial charge in [-0.25, -0.2) is 0 Å². The first-order valence-corrected chi connectivity index (χ1v) is 7.91. The first kappa shape index (κ1) is 14.6. The molecule has 1 aromatic rings. The van der Waals surface area contributed by atoms with Gasteiger partial charge in [0.15, 0.2) is 0 Å². The molecule has 1 amide bonds. The van der Waals surface area contributed by atoms with Crippen molar-refractivity contribution in [1.82, 2.24) is 5.32 Å². The fourth-order valence-corrected chi connectivity index (χ4v) is 3.33. The largest absolute Gasteiger partial charge is 0.383 e. The fraction of sp³-hybridized carbons (Fsp3) is 0.444. The van der Waals surface area contributed by atoms with Gasteiger partial charge in [0.25, 0.3) is 5.91 Å². The molecule has 0 aliphatic carbocycles. The Bertz CT molecular complexity index is 350. The molecule has 0 saturated carbocycles. The van der Waals surface area contributed by atoms with Crippen LogP contribution in [-0.4, -0.2) is 31.0 Å². The molecule has 0 bridgehead atoms. The molecular formula is C9H10Br3NO2S. The monoisotopic (exact) mass is 433 g/mol. The summed E-state index contributed by atoms with van der Waals surface area (Å²) in [5, 5.41) is 3.55. The van der Waals surface area contributed by atoms with Crippen molar-refractivity contribution in [3.63, 3.8) is 0 Å². The Labute approximate surface area is 123 Å². The summed E-state index contributed by atoms with van der Waals surface area (Å²) in [5.74, 6) is -0.0853. The number of thiophene rings is 1. The lowest BCUT2D eigenvalue weighted by Crippen LogP contribution is -2.38. The first-order valence-electron chi connectivity index (χ1n) is 4.39. The number of nitrogens with one attached hydrogen (secondary N) is 1. The topological polar surface area (TPSA) is 38.3 Å². The Hall–Kier alpha value is 0.570. The van der Waals surface area contributed by atoms with E-state index in [1.807, 2.05) is 0 Å². The number of methoxy groups -OCH3 is 1. The molecule has 0 aliphatic heterocycles. The van der Waals surface area contributed by atoms with Crippen LogP contribution in [0.25, 0.3) is 0 Å². The zero-order valence-corrected chi connectivity index (χ0v) is 14.0. The standard InChI is InChI=1S/C9H10Br3NO2S/c1-15-4-5(3-10)13-9(14)7-2-6(11)8(12)16-7/h2,5H,3-4H2,1H3,(H,13,14). The zero-order chi connectivity index (χ0) is 12.1. The Kier molecular flexibility index (Phi) is 6.50. The van der Waals surface area contributed by atoms with E-state index < -0.39 is 0 Å². The third-order valence-corrected chi connectivity index (χ3v) is 5.79. The predicted octanol–water partition coefficient (Wildman–Crippen LogP) is 3.41. The number of rotatable bonds is 5. The molecule has 1 heterocycles. The van der Waals surface area contributed by atoms with Crippen molar-refractivity contribution in [2.45, 2.75) is 6.04 Å². The molecule has 1 unspecified atom stereocenters. The lowest BCUT2D eigenvalue weighted by Gasteiger charge is -2.14. The second-order valence-electron chi connectivity index (χ2n) is 3.01. The average molecular weight is 436 g/mol. The number of carbonyl (C=O) groups excluding carboxylic acids is 1. The summed E-state index contributed by atoms with van der Waals surface area (Å²) in [6, 6.07) is 1.78. The van der Waals surface area contributed by atoms with Gasteiger partial charge in [0.2, 0.25) is 0 Å². The van der Waals surface area contributed by atoms with Crippen LogP contribution in [-0.2, 0) is 4.74 Å². The van der Waals surface area contributed by atoms with E-state index in [1.54, 1.807) is 13.2 Å². The van der Waals surface area contributed by atoms with Gasteiger partial charge in [-0.3, -0.25) is 4.79 Å². The number of hydrogen-bond acceptors (Lipinski definition) is 3. The highest BCUT2D eigenvalue weighted by Crippen LogP contribution is 2.32. The van der Waals surface area contributed by atoms with E-state index in [2.05, 4.69) is 53.1 Å². The minimum absolute atomic E-state index is 0.0165. The summed E-state index contributed by atoms with van der Waals surface area (Å²) < 4.78 is 6.81. The second-order valence-corrected chi connectivity index (χ2v) is 6.88. The van der Waals surface area contributed by atoms with Crippen LogP contribution < -0.4 is 5.32 Å². The van der Waals surface area contributed by atoms with E-state index in [4.69, 9.17) is 4.74 Å². The van der Waals surface area contributed by atoms with Gasteiger partial charge in [0, 0.05) is 16.9 Å². The van der Waals surface area contributed by atoms with E-state index in [0.29, 0.717) is 16.8 Å². The molecule has 3 nitrogen and oxygen atoms in total. The lowest BCUT2D eigenvalue weighted by molar-refractivity contribution is 0.0912. The SMILES string of the molecule is COCC(CBr)NC(=O)c1cc(Br)c(Br)s1. The molecule has 7 heteroatoms. The minimum atomic E-state index is -0.0853. The molecule has 0 saturated heterocycles. The van der Waals surface area contributed by atoms with Crippen LogP contribution in [0, 0.1) is 0 Å². The van der Waals surface area contributed by atoms with E-state index >= 15 is 0 Å². The van der Waals surface area contributed by atoms with E-state index in [0.717, 1.165) is 8.26 Å². The normalized spacial score (nSPS) is 12.5. The minimum Gasteiger partial charge on any atom is -0.383 e. The van der Waals surface area contributed by atoms with Crippen LogP contribution in [0.5, 0.6) is 0 Å². The van der Waals surface area contributed by atoms with E-state index in [9.17, 15) is 4.79 Å². The van der Waals surface area contributed by atoms with Crippen LogP contribution in [0.3, 0.4) is 0 Å². The zero-order valence-electron chi connectivity index (χ0n) is 8.43. The molecule has 1 N–H and O–H groups in total. The highest BCUT2D eigenvalue weighted by molar-refractivity contribution is 9.13. The molecule has 90 valence electrons. The Morgan fingerprint density at radius 3 is 2.75 bits per heavy atom. The summed E-state index contributed by atoms with van der Waals surface area (Å²) in [5.41, 5.74) is 0. The van der Waals surface area contributed by atoms with Gasteiger partial charge in [0.1, 0.15) is 0 Å². The van der Waals surface area contributed by atoms with Crippen LogP contribution in [0.4, 0.5) is 0 Å². The maximum Gasteiger partial charge on any atom is 0.261 e. The molecule has 16 heavy (non-hydrogen) atoms. The highest BCUT2D eigenvalue weighted by atomic mass is 79.9. The number of amides is 1. The van der Waals surface area contributed by atoms with Crippen molar-refractivity contribution in [1.29, 1.82) is 0 Å². The van der Waals surface area contributed by atoms with E-state index in [1.165, 1.54) is 11.3 Å². The fourth-order valence-electron chi connectivity index (χ4n) is 1.04. The van der Waals surface area contributed by atoms with Gasteiger partial charge < -0.3 is 10.1 Å². The molecule has 0 aliphatic rings. The Morgan fingerprint density at radius 2 is 2.31 bits per heavy atom. The van der Waals surface area contributed by atoms with Crippen molar-refractivity contribution >= 4 is 65.0 Å².